The van der Waals surface area contributed by atoms with Gasteiger partial charge in [-0.05, 0) is 39.0 Å². The van der Waals surface area contributed by atoms with Gasteiger partial charge in [-0.25, -0.2) is 18.4 Å². The zero-order valence-electron chi connectivity index (χ0n) is 14.9. The lowest BCUT2D eigenvalue weighted by Crippen LogP contribution is -2.44. The summed E-state index contributed by atoms with van der Waals surface area (Å²) in [6.07, 6.45) is 4.93. The molecule has 0 spiro atoms. The lowest BCUT2D eigenvalue weighted by molar-refractivity contribution is -0.119. The van der Waals surface area contributed by atoms with Crippen molar-refractivity contribution in [1.29, 1.82) is 0 Å². The van der Waals surface area contributed by atoms with Crippen molar-refractivity contribution in [1.82, 2.24) is 14.3 Å². The molecule has 2 aliphatic rings. The smallest absolute Gasteiger partial charge is 0.243 e. The molecule has 1 N–H and O–H groups in total. The maximum Gasteiger partial charge on any atom is 0.243 e. The molecule has 1 saturated heterocycles. The summed E-state index contributed by atoms with van der Waals surface area (Å²) < 4.78 is 26.3. The van der Waals surface area contributed by atoms with Crippen LogP contribution in [0.5, 0.6) is 0 Å². The Morgan fingerprint density at radius 2 is 2.08 bits per heavy atom. The van der Waals surface area contributed by atoms with E-state index in [1.165, 1.54) is 4.31 Å². The number of hydrogen-bond donors (Lipinski definition) is 1. The minimum atomic E-state index is -3.39. The molecule has 2 fully saturated rings. The number of aromatic nitrogens is 2. The van der Waals surface area contributed by atoms with Crippen molar-refractivity contribution in [2.24, 2.45) is 0 Å². The molecule has 1 unspecified atom stereocenters. The Labute approximate surface area is 149 Å². The molecule has 1 aromatic heterocycles. The van der Waals surface area contributed by atoms with E-state index >= 15 is 0 Å². The molecule has 138 valence electrons. The van der Waals surface area contributed by atoms with Crippen LogP contribution < -0.4 is 5.32 Å². The zero-order chi connectivity index (χ0) is 18.0. The fraction of sp³-hybridized carbons (Fsp3) is 0.706. The molecule has 1 aliphatic heterocycles. The van der Waals surface area contributed by atoms with Crippen LogP contribution in [0.2, 0.25) is 0 Å². The molecule has 1 atom stereocenters. The van der Waals surface area contributed by atoms with E-state index in [2.05, 4.69) is 15.3 Å². The van der Waals surface area contributed by atoms with Crippen molar-refractivity contribution in [3.63, 3.8) is 0 Å². The van der Waals surface area contributed by atoms with Crippen LogP contribution in [0, 0.1) is 6.92 Å². The number of sulfonamides is 1. The second kappa shape index (κ2) is 7.37. The number of aryl methyl sites for hydroxylation is 1. The first-order chi connectivity index (χ1) is 11.9. The Morgan fingerprint density at radius 1 is 1.32 bits per heavy atom. The van der Waals surface area contributed by atoms with Gasteiger partial charge in [-0.1, -0.05) is 13.3 Å². The highest BCUT2D eigenvalue weighted by molar-refractivity contribution is 7.89. The first-order valence-corrected chi connectivity index (χ1v) is 10.7. The molecule has 0 bridgehead atoms. The second-order valence-electron chi connectivity index (χ2n) is 6.93. The molecule has 1 aromatic rings. The summed E-state index contributed by atoms with van der Waals surface area (Å²) in [5.41, 5.74) is 0.960. The topological polar surface area (TPSA) is 92.3 Å². The standard InChI is InChI=1S/C17H26N4O3S/c1-3-4-10-25(23,24)21-9-5-6-15(21)17(22)20-16-11-14(13-7-8-13)18-12(2)19-16/h11,13,15H,3-10H2,1-2H3,(H,18,19,20,22). The van der Waals surface area contributed by atoms with Crippen molar-refractivity contribution in [3.8, 4) is 0 Å². The lowest BCUT2D eigenvalue weighted by Gasteiger charge is -2.23. The number of nitrogens with zero attached hydrogens (tertiary/aromatic N) is 3. The molecule has 3 rings (SSSR count). The highest BCUT2D eigenvalue weighted by atomic mass is 32.2. The Morgan fingerprint density at radius 3 is 2.76 bits per heavy atom. The van der Waals surface area contributed by atoms with Gasteiger partial charge in [0.05, 0.1) is 5.75 Å². The third-order valence-electron chi connectivity index (χ3n) is 4.72. The normalized spacial score (nSPS) is 21.4. The van der Waals surface area contributed by atoms with E-state index in [9.17, 15) is 13.2 Å². The van der Waals surface area contributed by atoms with E-state index in [0.717, 1.165) is 25.0 Å². The number of carbonyl (C=O) groups is 1. The van der Waals surface area contributed by atoms with Crippen LogP contribution in [0.15, 0.2) is 6.07 Å². The predicted molar refractivity (Wildman–Crippen MR) is 95.8 cm³/mol. The van der Waals surface area contributed by atoms with Crippen molar-refractivity contribution >= 4 is 21.7 Å². The Hall–Kier alpha value is -1.54. The largest absolute Gasteiger partial charge is 0.309 e. The molecular formula is C17H26N4O3S. The van der Waals surface area contributed by atoms with E-state index in [1.54, 1.807) is 6.92 Å². The summed E-state index contributed by atoms with van der Waals surface area (Å²) >= 11 is 0. The molecular weight excluding hydrogens is 340 g/mol. The van der Waals surface area contributed by atoms with Gasteiger partial charge in [-0.3, -0.25) is 4.79 Å². The quantitative estimate of drug-likeness (QED) is 0.798. The fourth-order valence-corrected chi connectivity index (χ4v) is 5.12. The highest BCUT2D eigenvalue weighted by Crippen LogP contribution is 2.39. The minimum Gasteiger partial charge on any atom is -0.309 e. The van der Waals surface area contributed by atoms with Gasteiger partial charge >= 0.3 is 0 Å². The van der Waals surface area contributed by atoms with E-state index in [1.807, 2.05) is 13.0 Å². The third-order valence-corrected chi connectivity index (χ3v) is 6.68. The molecule has 25 heavy (non-hydrogen) atoms. The number of unbranched alkanes of at least 4 members (excludes halogenated alkanes) is 1. The molecule has 0 radical (unpaired) electrons. The van der Waals surface area contributed by atoms with Gasteiger partial charge in [0.25, 0.3) is 0 Å². The summed E-state index contributed by atoms with van der Waals surface area (Å²) in [5.74, 6) is 1.37. The molecule has 1 amide bonds. The van der Waals surface area contributed by atoms with E-state index in [-0.39, 0.29) is 11.7 Å². The molecule has 8 heteroatoms. The van der Waals surface area contributed by atoms with Crippen LogP contribution in [0.25, 0.3) is 0 Å². The highest BCUT2D eigenvalue weighted by Gasteiger charge is 2.38. The van der Waals surface area contributed by atoms with Gasteiger partial charge in [0.1, 0.15) is 17.7 Å². The van der Waals surface area contributed by atoms with Crippen molar-refractivity contribution < 1.29 is 13.2 Å². The third kappa shape index (κ3) is 4.36. The van der Waals surface area contributed by atoms with Crippen LogP contribution in [0.1, 0.15) is 62.9 Å². The molecule has 1 saturated carbocycles. The minimum absolute atomic E-state index is 0.103. The first kappa shape index (κ1) is 18.3. The number of hydrogen-bond acceptors (Lipinski definition) is 5. The van der Waals surface area contributed by atoms with Gasteiger partial charge < -0.3 is 5.32 Å². The summed E-state index contributed by atoms with van der Waals surface area (Å²) in [6.45, 7) is 4.18. The van der Waals surface area contributed by atoms with Gasteiger partial charge in [0.2, 0.25) is 15.9 Å². The zero-order valence-corrected chi connectivity index (χ0v) is 15.7. The van der Waals surface area contributed by atoms with Gasteiger partial charge in [0, 0.05) is 24.2 Å². The summed E-state index contributed by atoms with van der Waals surface area (Å²) in [7, 11) is -3.39. The molecule has 0 aromatic carbocycles. The maximum absolute atomic E-state index is 12.7. The van der Waals surface area contributed by atoms with Gasteiger partial charge in [-0.2, -0.15) is 4.31 Å². The number of carbonyl (C=O) groups excluding carboxylic acids is 1. The number of rotatable bonds is 7. The maximum atomic E-state index is 12.7. The lowest BCUT2D eigenvalue weighted by atomic mass is 10.2. The molecule has 2 heterocycles. The Balaban J connectivity index is 1.72. The summed E-state index contributed by atoms with van der Waals surface area (Å²) in [4.78, 5) is 21.4. The predicted octanol–water partition coefficient (Wildman–Crippen LogP) is 2.20. The van der Waals surface area contributed by atoms with Crippen molar-refractivity contribution in [3.05, 3.63) is 17.6 Å². The van der Waals surface area contributed by atoms with E-state index in [4.69, 9.17) is 0 Å². The van der Waals surface area contributed by atoms with E-state index in [0.29, 0.717) is 43.4 Å². The SMILES string of the molecule is CCCCS(=O)(=O)N1CCCC1C(=O)Nc1cc(C2CC2)nc(C)n1. The number of nitrogens with one attached hydrogen (secondary N) is 1. The average molecular weight is 366 g/mol. The number of anilines is 1. The number of amides is 1. The molecule has 7 nitrogen and oxygen atoms in total. The monoisotopic (exact) mass is 366 g/mol. The second-order valence-corrected chi connectivity index (χ2v) is 8.97. The summed E-state index contributed by atoms with van der Waals surface area (Å²) in [6, 6.07) is 1.18. The van der Waals surface area contributed by atoms with Crippen LogP contribution in [0.3, 0.4) is 0 Å². The average Bonchev–Trinajstić information content (AvgIpc) is 3.28. The Bertz CT molecular complexity index is 746. The van der Waals surface area contributed by atoms with E-state index < -0.39 is 16.1 Å². The molecule has 1 aliphatic carbocycles. The Kier molecular flexibility index (Phi) is 5.38. The van der Waals surface area contributed by atoms with Crippen molar-refractivity contribution in [2.45, 2.75) is 64.3 Å². The summed E-state index contributed by atoms with van der Waals surface area (Å²) in [5, 5.41) is 2.81. The fourth-order valence-electron chi connectivity index (χ4n) is 3.23. The van der Waals surface area contributed by atoms with Crippen LogP contribution in [-0.2, 0) is 14.8 Å². The van der Waals surface area contributed by atoms with Gasteiger partial charge in [-0.15, -0.1) is 0 Å². The van der Waals surface area contributed by atoms with Crippen LogP contribution in [0.4, 0.5) is 5.82 Å². The first-order valence-electron chi connectivity index (χ1n) is 9.06. The van der Waals surface area contributed by atoms with Crippen LogP contribution >= 0.6 is 0 Å². The van der Waals surface area contributed by atoms with Crippen LogP contribution in [-0.4, -0.2) is 46.9 Å². The van der Waals surface area contributed by atoms with Gasteiger partial charge in [0.15, 0.2) is 0 Å². The van der Waals surface area contributed by atoms with Crippen molar-refractivity contribution in [2.75, 3.05) is 17.6 Å².